The van der Waals surface area contributed by atoms with Crippen LogP contribution in [-0.4, -0.2) is 43.4 Å². The molecular weight excluding hydrogens is 457 g/mol. The first kappa shape index (κ1) is 22.4. The van der Waals surface area contributed by atoms with E-state index in [4.69, 9.17) is 20.8 Å². The zero-order chi connectivity index (χ0) is 22.7. The minimum absolute atomic E-state index is 0.0335. The lowest BCUT2D eigenvalue weighted by atomic mass is 10.2. The van der Waals surface area contributed by atoms with E-state index in [0.717, 1.165) is 0 Å². The van der Waals surface area contributed by atoms with Crippen LogP contribution in [0.4, 0.5) is 4.39 Å². The van der Waals surface area contributed by atoms with E-state index in [1.165, 1.54) is 17.0 Å². The number of furan rings is 1. The molecular formula is C23H21ClFNO5S. The zero-order valence-electron chi connectivity index (χ0n) is 17.0. The number of ether oxygens (including phenoxy) is 1. The van der Waals surface area contributed by atoms with Crippen LogP contribution in [0.3, 0.4) is 0 Å². The first-order valence-corrected chi connectivity index (χ1v) is 12.2. The lowest BCUT2D eigenvalue weighted by Crippen LogP contribution is -2.43. The van der Waals surface area contributed by atoms with Gasteiger partial charge in [0.15, 0.2) is 16.4 Å². The van der Waals surface area contributed by atoms with Gasteiger partial charge in [0.25, 0.3) is 5.91 Å². The SMILES string of the molecule is O=C(COc1ccccc1Cl)N(Cc1ccc(-c2ccc(F)cc2)o1)[C@H]1CCS(=O)(=O)C1. The number of para-hydroxylation sites is 1. The van der Waals surface area contributed by atoms with Gasteiger partial charge in [0, 0.05) is 11.6 Å². The van der Waals surface area contributed by atoms with Crippen molar-refractivity contribution in [3.05, 3.63) is 77.3 Å². The molecule has 0 saturated carbocycles. The maximum absolute atomic E-state index is 13.2. The predicted octanol–water partition coefficient (Wildman–Crippen LogP) is 4.33. The van der Waals surface area contributed by atoms with Gasteiger partial charge in [-0.1, -0.05) is 23.7 Å². The maximum atomic E-state index is 13.2. The lowest BCUT2D eigenvalue weighted by Gasteiger charge is -2.27. The molecule has 0 radical (unpaired) electrons. The Morgan fingerprint density at radius 2 is 1.88 bits per heavy atom. The summed E-state index contributed by atoms with van der Waals surface area (Å²) in [5, 5.41) is 0.380. The average Bonchev–Trinajstić information content (AvgIpc) is 3.38. The molecule has 1 fully saturated rings. The van der Waals surface area contributed by atoms with Crippen LogP contribution in [0.2, 0.25) is 5.02 Å². The molecule has 0 unspecified atom stereocenters. The van der Waals surface area contributed by atoms with Crippen LogP contribution < -0.4 is 4.74 Å². The van der Waals surface area contributed by atoms with Gasteiger partial charge in [-0.3, -0.25) is 4.79 Å². The maximum Gasteiger partial charge on any atom is 0.261 e. The standard InChI is InChI=1S/C23H21ClFNO5S/c24-20-3-1-2-4-22(20)30-14-23(27)26(18-11-12-32(28,29)15-18)13-19-9-10-21(31-19)16-5-7-17(25)8-6-16/h1-10,18H,11-15H2/t18-/m0/s1. The normalized spacial score (nSPS) is 17.2. The molecule has 0 bridgehead atoms. The summed E-state index contributed by atoms with van der Waals surface area (Å²) in [6.07, 6.45) is 0.353. The van der Waals surface area contributed by atoms with Gasteiger partial charge in [-0.2, -0.15) is 0 Å². The van der Waals surface area contributed by atoms with Gasteiger partial charge in [-0.15, -0.1) is 0 Å². The highest BCUT2D eigenvalue weighted by atomic mass is 35.5. The van der Waals surface area contributed by atoms with E-state index in [2.05, 4.69) is 0 Å². The second kappa shape index (κ2) is 9.34. The molecule has 1 amide bonds. The Balaban J connectivity index is 1.51. The Bertz CT molecular complexity index is 1210. The summed E-state index contributed by atoms with van der Waals surface area (Å²) in [6.45, 7) is -0.197. The molecule has 1 saturated heterocycles. The molecule has 3 aromatic rings. The van der Waals surface area contributed by atoms with E-state index in [-0.39, 0.29) is 36.4 Å². The number of benzene rings is 2. The quantitative estimate of drug-likeness (QED) is 0.506. The molecule has 1 aliphatic heterocycles. The van der Waals surface area contributed by atoms with E-state index < -0.39 is 15.9 Å². The van der Waals surface area contributed by atoms with Crippen molar-refractivity contribution in [1.82, 2.24) is 4.90 Å². The van der Waals surface area contributed by atoms with Crippen LogP contribution in [0.25, 0.3) is 11.3 Å². The van der Waals surface area contributed by atoms with Crippen LogP contribution in [0, 0.1) is 5.82 Å². The fourth-order valence-corrected chi connectivity index (χ4v) is 5.55. The third-order valence-electron chi connectivity index (χ3n) is 5.27. The molecule has 1 atom stereocenters. The van der Waals surface area contributed by atoms with Gasteiger partial charge >= 0.3 is 0 Å². The largest absolute Gasteiger partial charge is 0.482 e. The third-order valence-corrected chi connectivity index (χ3v) is 7.34. The Labute approximate surface area is 190 Å². The molecule has 9 heteroatoms. The topological polar surface area (TPSA) is 76.8 Å². The van der Waals surface area contributed by atoms with E-state index in [0.29, 0.717) is 34.3 Å². The smallest absolute Gasteiger partial charge is 0.261 e. The fourth-order valence-electron chi connectivity index (χ4n) is 3.63. The summed E-state index contributed by atoms with van der Waals surface area (Å²) in [6, 6.07) is 15.7. The van der Waals surface area contributed by atoms with Crippen LogP contribution in [-0.2, 0) is 21.2 Å². The highest BCUT2D eigenvalue weighted by Gasteiger charge is 2.35. The Kier molecular flexibility index (Phi) is 6.53. The Morgan fingerprint density at radius 3 is 2.56 bits per heavy atom. The van der Waals surface area contributed by atoms with Crippen molar-refractivity contribution in [2.45, 2.75) is 19.0 Å². The molecule has 0 aliphatic carbocycles. The molecule has 32 heavy (non-hydrogen) atoms. The molecule has 168 valence electrons. The van der Waals surface area contributed by atoms with E-state index in [1.807, 2.05) is 0 Å². The third kappa shape index (κ3) is 5.31. The van der Waals surface area contributed by atoms with Gasteiger partial charge in [-0.25, -0.2) is 12.8 Å². The summed E-state index contributed by atoms with van der Waals surface area (Å²) < 4.78 is 48.7. The van der Waals surface area contributed by atoms with E-state index in [9.17, 15) is 17.6 Å². The molecule has 1 aromatic heterocycles. The van der Waals surface area contributed by atoms with Gasteiger partial charge in [0.2, 0.25) is 0 Å². The van der Waals surface area contributed by atoms with Crippen LogP contribution >= 0.6 is 11.6 Å². The Morgan fingerprint density at radius 1 is 1.12 bits per heavy atom. The van der Waals surface area contributed by atoms with Crippen molar-refractivity contribution >= 4 is 27.3 Å². The second-order valence-electron chi connectivity index (χ2n) is 7.57. The number of carbonyl (C=O) groups excluding carboxylic acids is 1. The van der Waals surface area contributed by atoms with Gasteiger partial charge in [0.05, 0.1) is 23.1 Å². The number of rotatable bonds is 7. The highest BCUT2D eigenvalue weighted by molar-refractivity contribution is 7.91. The van der Waals surface area contributed by atoms with Crippen molar-refractivity contribution in [3.63, 3.8) is 0 Å². The van der Waals surface area contributed by atoms with Crippen molar-refractivity contribution in [2.24, 2.45) is 0 Å². The van der Waals surface area contributed by atoms with Gasteiger partial charge < -0.3 is 14.1 Å². The Hall–Kier alpha value is -2.84. The number of halogens is 2. The molecule has 2 heterocycles. The molecule has 1 aliphatic rings. The zero-order valence-corrected chi connectivity index (χ0v) is 18.6. The summed E-state index contributed by atoms with van der Waals surface area (Å²) >= 11 is 6.08. The minimum atomic E-state index is -3.20. The van der Waals surface area contributed by atoms with Crippen LogP contribution in [0.5, 0.6) is 5.75 Å². The number of sulfone groups is 1. The molecule has 0 spiro atoms. The average molecular weight is 478 g/mol. The molecule has 0 N–H and O–H groups in total. The number of hydrogen-bond acceptors (Lipinski definition) is 5. The summed E-state index contributed by atoms with van der Waals surface area (Å²) in [7, 11) is -3.20. The number of carbonyl (C=O) groups is 1. The second-order valence-corrected chi connectivity index (χ2v) is 10.2. The van der Waals surface area contributed by atoms with Crippen molar-refractivity contribution < 1.29 is 26.8 Å². The van der Waals surface area contributed by atoms with E-state index >= 15 is 0 Å². The van der Waals surface area contributed by atoms with Gasteiger partial charge in [0.1, 0.15) is 23.1 Å². The fraction of sp³-hybridized carbons (Fsp3) is 0.261. The monoisotopic (exact) mass is 477 g/mol. The van der Waals surface area contributed by atoms with Crippen LogP contribution in [0.15, 0.2) is 65.1 Å². The summed E-state index contributed by atoms with van der Waals surface area (Å²) in [5.41, 5.74) is 0.695. The number of amides is 1. The lowest BCUT2D eigenvalue weighted by molar-refractivity contribution is -0.136. The van der Waals surface area contributed by atoms with Crippen molar-refractivity contribution in [1.29, 1.82) is 0 Å². The first-order valence-electron chi connectivity index (χ1n) is 10.0. The van der Waals surface area contributed by atoms with Crippen molar-refractivity contribution in [3.8, 4) is 17.1 Å². The first-order chi connectivity index (χ1) is 15.3. The minimum Gasteiger partial charge on any atom is -0.482 e. The number of hydrogen-bond donors (Lipinski definition) is 0. The molecule has 6 nitrogen and oxygen atoms in total. The van der Waals surface area contributed by atoms with Crippen LogP contribution in [0.1, 0.15) is 12.2 Å². The highest BCUT2D eigenvalue weighted by Crippen LogP contribution is 2.27. The molecule has 4 rings (SSSR count). The van der Waals surface area contributed by atoms with E-state index in [1.54, 1.807) is 48.5 Å². The molecule has 2 aromatic carbocycles. The summed E-state index contributed by atoms with van der Waals surface area (Å²) in [4.78, 5) is 14.5. The summed E-state index contributed by atoms with van der Waals surface area (Å²) in [5.74, 6) is 0.601. The number of nitrogens with zero attached hydrogens (tertiary/aromatic N) is 1. The predicted molar refractivity (Wildman–Crippen MR) is 119 cm³/mol. The van der Waals surface area contributed by atoms with Crippen molar-refractivity contribution in [2.75, 3.05) is 18.1 Å². The van der Waals surface area contributed by atoms with Gasteiger partial charge in [-0.05, 0) is 55.0 Å².